The first-order valence-electron chi connectivity index (χ1n) is 9.41. The van der Waals surface area contributed by atoms with Crippen LogP contribution in [0.5, 0.6) is 5.75 Å². The molecule has 0 aliphatic carbocycles. The third-order valence-electron chi connectivity index (χ3n) is 4.35. The number of aromatic carboxylic acids is 1. The van der Waals surface area contributed by atoms with Gasteiger partial charge < -0.3 is 9.84 Å². The zero-order chi connectivity index (χ0) is 21.7. The normalized spacial score (nSPS) is 16.5. The van der Waals surface area contributed by atoms with E-state index < -0.39 is 5.97 Å². The topological polar surface area (TPSA) is 79.2 Å². The zero-order valence-corrected chi connectivity index (χ0v) is 19.0. The van der Waals surface area contributed by atoms with E-state index in [1.54, 1.807) is 19.2 Å². The van der Waals surface area contributed by atoms with E-state index in [1.807, 2.05) is 24.3 Å². The molecule has 2 aromatic rings. The van der Waals surface area contributed by atoms with Crippen molar-refractivity contribution >= 4 is 56.5 Å². The lowest BCUT2D eigenvalue weighted by Gasteiger charge is -2.08. The quantitative estimate of drug-likeness (QED) is 0.407. The lowest BCUT2D eigenvalue weighted by atomic mass is 10.2. The maximum atomic E-state index is 12.6. The molecule has 0 bridgehead atoms. The van der Waals surface area contributed by atoms with Crippen LogP contribution in [0.4, 0.5) is 5.69 Å². The Hall–Kier alpha value is -2.58. The fourth-order valence-corrected chi connectivity index (χ4v) is 4.14. The Balaban J connectivity index is 1.77. The molecule has 1 aliphatic heterocycles. The van der Waals surface area contributed by atoms with Gasteiger partial charge in [0.25, 0.3) is 5.91 Å². The van der Waals surface area contributed by atoms with Gasteiger partial charge in [-0.15, -0.1) is 0 Å². The number of hydrogen-bond acceptors (Lipinski definition) is 5. The van der Waals surface area contributed by atoms with Gasteiger partial charge >= 0.3 is 5.97 Å². The summed E-state index contributed by atoms with van der Waals surface area (Å²) in [6, 6.07) is 11.9. The molecule has 1 fully saturated rings. The third kappa shape index (κ3) is 5.31. The van der Waals surface area contributed by atoms with Crippen molar-refractivity contribution in [2.45, 2.75) is 19.8 Å². The van der Waals surface area contributed by atoms with Crippen LogP contribution in [-0.2, 0) is 4.79 Å². The van der Waals surface area contributed by atoms with E-state index in [9.17, 15) is 9.59 Å². The van der Waals surface area contributed by atoms with Gasteiger partial charge in [-0.1, -0.05) is 19.4 Å². The number of halogens is 1. The molecular weight excluding hydrogens is 468 g/mol. The van der Waals surface area contributed by atoms with Gasteiger partial charge in [-0.3, -0.25) is 9.69 Å². The number of ether oxygens (including phenoxy) is 1. The number of carbonyl (C=O) groups excluding carboxylic acids is 1. The lowest BCUT2D eigenvalue weighted by Crippen LogP contribution is -2.23. The van der Waals surface area contributed by atoms with Gasteiger partial charge in [0.15, 0.2) is 5.17 Å². The van der Waals surface area contributed by atoms with E-state index in [1.165, 1.54) is 28.8 Å². The summed E-state index contributed by atoms with van der Waals surface area (Å²) >= 11 is 4.80. The largest absolute Gasteiger partial charge is 0.492 e. The number of aliphatic imine (C=N–C) groups is 1. The lowest BCUT2D eigenvalue weighted by molar-refractivity contribution is -0.121. The van der Waals surface area contributed by atoms with Crippen molar-refractivity contribution in [1.82, 2.24) is 4.90 Å². The second-order valence-electron chi connectivity index (χ2n) is 6.61. The van der Waals surface area contributed by atoms with Crippen LogP contribution in [-0.4, -0.2) is 40.7 Å². The smallest absolute Gasteiger partial charge is 0.335 e. The number of rotatable bonds is 7. The highest BCUT2D eigenvalue weighted by Gasteiger charge is 2.30. The maximum Gasteiger partial charge on any atom is 0.335 e. The van der Waals surface area contributed by atoms with Gasteiger partial charge in [-0.2, -0.15) is 0 Å². The van der Waals surface area contributed by atoms with Crippen molar-refractivity contribution in [1.29, 1.82) is 0 Å². The molecule has 0 saturated carbocycles. The average Bonchev–Trinajstić information content (AvgIpc) is 2.98. The Morgan fingerprint density at radius 3 is 2.63 bits per heavy atom. The molecular formula is C22H21BrN2O4S. The molecule has 2 aromatic carbocycles. The van der Waals surface area contributed by atoms with E-state index in [0.717, 1.165) is 28.6 Å². The SMILES string of the molecule is CCCCOc1ccc(/C=C2/SC(=Nc3ccc(C(=O)O)cc3)N(C)C2=O)cc1Br. The molecule has 1 heterocycles. The number of thioether (sulfide) groups is 1. The number of nitrogens with zero attached hydrogens (tertiary/aromatic N) is 2. The summed E-state index contributed by atoms with van der Waals surface area (Å²) in [7, 11) is 1.67. The van der Waals surface area contributed by atoms with Crippen molar-refractivity contribution in [3.05, 3.63) is 63.0 Å². The highest BCUT2D eigenvalue weighted by Crippen LogP contribution is 2.34. The first kappa shape index (κ1) is 22.1. The molecule has 156 valence electrons. The minimum Gasteiger partial charge on any atom is -0.492 e. The molecule has 30 heavy (non-hydrogen) atoms. The number of amidine groups is 1. The standard InChI is InChI=1S/C22H21BrN2O4S/c1-3-4-11-29-18-10-5-14(12-17(18)23)13-19-20(26)25(2)22(30-19)24-16-8-6-15(7-9-16)21(27)28/h5-10,12-13H,3-4,11H2,1-2H3,(H,27,28)/b19-13+,24-22?. The third-order valence-corrected chi connectivity index (χ3v) is 6.03. The van der Waals surface area contributed by atoms with Crippen LogP contribution in [0.15, 0.2) is 56.8 Å². The summed E-state index contributed by atoms with van der Waals surface area (Å²) in [5, 5.41) is 9.53. The average molecular weight is 489 g/mol. The number of carboxylic acid groups (broad SMARTS) is 1. The Morgan fingerprint density at radius 1 is 1.27 bits per heavy atom. The molecule has 3 rings (SSSR count). The number of amides is 1. The highest BCUT2D eigenvalue weighted by molar-refractivity contribution is 9.10. The van der Waals surface area contributed by atoms with E-state index in [2.05, 4.69) is 27.8 Å². The van der Waals surface area contributed by atoms with Crippen LogP contribution >= 0.6 is 27.7 Å². The van der Waals surface area contributed by atoms with Gasteiger partial charge in [0, 0.05) is 7.05 Å². The first-order valence-corrected chi connectivity index (χ1v) is 11.0. The van der Waals surface area contributed by atoms with Crippen molar-refractivity contribution in [2.24, 2.45) is 4.99 Å². The summed E-state index contributed by atoms with van der Waals surface area (Å²) < 4.78 is 6.58. The number of likely N-dealkylation sites (N-methyl/N-ethyl adjacent to an activating group) is 1. The van der Waals surface area contributed by atoms with Gasteiger partial charge in [0.05, 0.1) is 27.2 Å². The number of carboxylic acids is 1. The first-order chi connectivity index (χ1) is 14.4. The zero-order valence-electron chi connectivity index (χ0n) is 16.6. The molecule has 0 radical (unpaired) electrons. The van der Waals surface area contributed by atoms with Crippen LogP contribution < -0.4 is 4.74 Å². The van der Waals surface area contributed by atoms with Crippen LogP contribution in [0, 0.1) is 0 Å². The Kier molecular flexibility index (Phi) is 7.33. The Labute approximate surface area is 187 Å². The highest BCUT2D eigenvalue weighted by atomic mass is 79.9. The molecule has 1 amide bonds. The summed E-state index contributed by atoms with van der Waals surface area (Å²) in [4.78, 5) is 30.1. The molecule has 1 saturated heterocycles. The summed E-state index contributed by atoms with van der Waals surface area (Å²) in [5.74, 6) is -0.351. The van der Waals surface area contributed by atoms with Crippen molar-refractivity contribution in [3.8, 4) is 5.75 Å². The fraction of sp³-hybridized carbons (Fsp3) is 0.227. The molecule has 1 aliphatic rings. The van der Waals surface area contributed by atoms with Crippen LogP contribution in [0.3, 0.4) is 0 Å². The molecule has 6 nitrogen and oxygen atoms in total. The van der Waals surface area contributed by atoms with E-state index >= 15 is 0 Å². The fourth-order valence-electron chi connectivity index (χ4n) is 2.64. The molecule has 0 spiro atoms. The number of unbranched alkanes of at least 4 members (excludes halogenated alkanes) is 1. The van der Waals surface area contributed by atoms with E-state index in [-0.39, 0.29) is 11.5 Å². The van der Waals surface area contributed by atoms with Crippen molar-refractivity contribution in [2.75, 3.05) is 13.7 Å². The number of carbonyl (C=O) groups is 2. The Bertz CT molecular complexity index is 1020. The molecule has 0 unspecified atom stereocenters. The van der Waals surface area contributed by atoms with E-state index in [0.29, 0.717) is 22.4 Å². The monoisotopic (exact) mass is 488 g/mol. The van der Waals surface area contributed by atoms with E-state index in [4.69, 9.17) is 9.84 Å². The van der Waals surface area contributed by atoms with Crippen LogP contribution in [0.2, 0.25) is 0 Å². The van der Waals surface area contributed by atoms with Gasteiger partial charge in [0.2, 0.25) is 0 Å². The van der Waals surface area contributed by atoms with Crippen molar-refractivity contribution < 1.29 is 19.4 Å². The van der Waals surface area contributed by atoms with Gasteiger partial charge in [0.1, 0.15) is 5.75 Å². The number of hydrogen-bond donors (Lipinski definition) is 1. The molecule has 1 N–H and O–H groups in total. The van der Waals surface area contributed by atoms with Crippen molar-refractivity contribution in [3.63, 3.8) is 0 Å². The predicted octanol–water partition coefficient (Wildman–Crippen LogP) is 5.56. The Morgan fingerprint density at radius 2 is 2.00 bits per heavy atom. The van der Waals surface area contributed by atoms with Crippen LogP contribution in [0.25, 0.3) is 6.08 Å². The number of benzene rings is 2. The predicted molar refractivity (Wildman–Crippen MR) is 123 cm³/mol. The summed E-state index contributed by atoms with van der Waals surface area (Å²) in [5.41, 5.74) is 1.65. The molecule has 0 aromatic heterocycles. The minimum absolute atomic E-state index is 0.139. The van der Waals surface area contributed by atoms with Crippen LogP contribution in [0.1, 0.15) is 35.7 Å². The summed E-state index contributed by atoms with van der Waals surface area (Å²) in [6.07, 6.45) is 3.89. The molecule has 0 atom stereocenters. The maximum absolute atomic E-state index is 12.6. The second-order valence-corrected chi connectivity index (χ2v) is 8.48. The van der Waals surface area contributed by atoms with Gasteiger partial charge in [-0.25, -0.2) is 9.79 Å². The summed E-state index contributed by atoms with van der Waals surface area (Å²) in [6.45, 7) is 2.78. The second kappa shape index (κ2) is 9.95. The van der Waals surface area contributed by atoms with Gasteiger partial charge in [-0.05, 0) is 82.2 Å². The molecule has 8 heteroatoms. The minimum atomic E-state index is -0.991.